The van der Waals surface area contributed by atoms with Crippen LogP contribution in [0.5, 0.6) is 17.4 Å². The fraction of sp³-hybridized carbons (Fsp3) is 0.188. The van der Waals surface area contributed by atoms with Crippen LogP contribution in [0.3, 0.4) is 0 Å². The van der Waals surface area contributed by atoms with Crippen molar-refractivity contribution in [3.8, 4) is 23.2 Å². The van der Waals surface area contributed by atoms with Gasteiger partial charge in [0.1, 0.15) is 17.1 Å². The number of hydrogen-bond donors (Lipinski definition) is 1. The van der Waals surface area contributed by atoms with Gasteiger partial charge in [-0.15, -0.1) is 17.7 Å². The molecule has 5 nitrogen and oxygen atoms in total. The van der Waals surface area contributed by atoms with Gasteiger partial charge in [0.25, 0.3) is 0 Å². The molecule has 0 fully saturated rings. The van der Waals surface area contributed by atoms with Crippen LogP contribution in [-0.2, 0) is 27.5 Å². The number of rotatable bonds is 5. The second kappa shape index (κ2) is 10.2. The molecule has 194 valence electrons. The molecule has 0 saturated carbocycles. The molecule has 0 atom stereocenters. The Labute approximate surface area is 236 Å². The van der Waals surface area contributed by atoms with E-state index in [2.05, 4.69) is 78.6 Å². The van der Waals surface area contributed by atoms with Crippen LogP contribution in [0, 0.1) is 13.0 Å². The summed E-state index contributed by atoms with van der Waals surface area (Å²) in [5.74, 6) is 2.30. The van der Waals surface area contributed by atoms with Crippen molar-refractivity contribution < 1.29 is 30.9 Å². The molecule has 38 heavy (non-hydrogen) atoms. The molecule has 0 unspecified atom stereocenters. The molecule has 3 aromatic carbocycles. The van der Waals surface area contributed by atoms with Crippen molar-refractivity contribution in [2.24, 2.45) is 0 Å². The van der Waals surface area contributed by atoms with E-state index in [0.29, 0.717) is 23.1 Å². The average molecular weight is 682 g/mol. The van der Waals surface area contributed by atoms with E-state index in [4.69, 9.17) is 4.74 Å². The Morgan fingerprint density at radius 3 is 2.61 bits per heavy atom. The first-order valence-electron chi connectivity index (χ1n) is 12.7. The number of pyridine rings is 2. The van der Waals surface area contributed by atoms with Gasteiger partial charge in [0, 0.05) is 50.0 Å². The molecular formula is C32H28N3O2Pt-. The van der Waals surface area contributed by atoms with Crippen molar-refractivity contribution in [3.63, 3.8) is 0 Å². The molecule has 3 heterocycles. The van der Waals surface area contributed by atoms with E-state index in [1.165, 1.54) is 0 Å². The maximum atomic E-state index is 10.6. The molecule has 6 heteroatoms. The molecule has 0 aliphatic rings. The minimum absolute atomic E-state index is 0. The number of benzene rings is 3. The van der Waals surface area contributed by atoms with Crippen LogP contribution < -0.4 is 4.74 Å². The van der Waals surface area contributed by atoms with Gasteiger partial charge in [-0.2, -0.15) is 0 Å². The van der Waals surface area contributed by atoms with Crippen LogP contribution in [0.25, 0.3) is 38.5 Å². The summed E-state index contributed by atoms with van der Waals surface area (Å²) in [6.45, 7) is 8.43. The van der Waals surface area contributed by atoms with Gasteiger partial charge in [0.15, 0.2) is 0 Å². The van der Waals surface area contributed by atoms with Crippen LogP contribution in [-0.4, -0.2) is 19.6 Å². The van der Waals surface area contributed by atoms with Gasteiger partial charge in [0.05, 0.1) is 0 Å². The second-order valence-corrected chi connectivity index (χ2v) is 9.80. The Morgan fingerprint density at radius 1 is 1.03 bits per heavy atom. The van der Waals surface area contributed by atoms with Crippen molar-refractivity contribution in [1.82, 2.24) is 14.5 Å². The van der Waals surface area contributed by atoms with Crippen molar-refractivity contribution in [2.45, 2.75) is 40.0 Å². The Hall–Kier alpha value is -3.69. The first-order chi connectivity index (χ1) is 17.9. The zero-order valence-electron chi connectivity index (χ0n) is 21.7. The molecule has 6 aromatic rings. The van der Waals surface area contributed by atoms with Gasteiger partial charge in [-0.1, -0.05) is 56.3 Å². The molecule has 0 radical (unpaired) electrons. The van der Waals surface area contributed by atoms with Gasteiger partial charge in [-0.25, -0.2) is 9.97 Å². The Morgan fingerprint density at radius 2 is 1.84 bits per heavy atom. The summed E-state index contributed by atoms with van der Waals surface area (Å²) >= 11 is 0. The number of para-hydroxylation sites is 1. The quantitative estimate of drug-likeness (QED) is 0.187. The largest absolute Gasteiger partial charge is 0.506 e. The van der Waals surface area contributed by atoms with Crippen LogP contribution in [0.1, 0.15) is 43.4 Å². The van der Waals surface area contributed by atoms with Gasteiger partial charge < -0.3 is 14.4 Å². The Bertz CT molecular complexity index is 1810. The number of aromatic nitrogens is 3. The van der Waals surface area contributed by atoms with Crippen LogP contribution in [0.15, 0.2) is 72.9 Å². The van der Waals surface area contributed by atoms with E-state index < -0.39 is 0 Å². The number of ether oxygens (including phenoxy) is 1. The smallest absolute Gasteiger partial charge is 0.217 e. The number of phenols is 1. The summed E-state index contributed by atoms with van der Waals surface area (Å²) in [7, 11) is 0. The predicted octanol–water partition coefficient (Wildman–Crippen LogP) is 8.02. The molecule has 0 bridgehead atoms. The van der Waals surface area contributed by atoms with E-state index in [-0.39, 0.29) is 26.8 Å². The van der Waals surface area contributed by atoms with Crippen molar-refractivity contribution in [2.75, 3.05) is 0 Å². The third-order valence-corrected chi connectivity index (χ3v) is 6.90. The first kappa shape index (κ1) is 25.9. The number of phenolic OH excluding ortho intramolecular Hbond substituents is 1. The SMILES string of the molecule is CCc1cc(Oc2ccc3cc(C(C)C)cc(O)c3n2)[c-]c2c1c1ccccc1n2-c1cc(C)ccn1.[Pt]. The third-order valence-electron chi connectivity index (χ3n) is 6.90. The second-order valence-electron chi connectivity index (χ2n) is 9.80. The fourth-order valence-electron chi connectivity index (χ4n) is 5.00. The molecule has 1 N–H and O–H groups in total. The Kier molecular flexibility index (Phi) is 6.98. The summed E-state index contributed by atoms with van der Waals surface area (Å²) in [5, 5.41) is 13.8. The number of aromatic hydroxyl groups is 1. The van der Waals surface area contributed by atoms with Crippen molar-refractivity contribution >= 4 is 32.7 Å². The number of fused-ring (bicyclic) bond motifs is 4. The number of aryl methyl sites for hydroxylation is 2. The van der Waals surface area contributed by atoms with Crippen LogP contribution >= 0.6 is 0 Å². The van der Waals surface area contributed by atoms with Crippen LogP contribution in [0.4, 0.5) is 0 Å². The summed E-state index contributed by atoms with van der Waals surface area (Å²) < 4.78 is 8.42. The minimum Gasteiger partial charge on any atom is -0.506 e. The monoisotopic (exact) mass is 681 g/mol. The van der Waals surface area contributed by atoms with Crippen molar-refractivity contribution in [1.29, 1.82) is 0 Å². The molecule has 0 aliphatic carbocycles. The molecule has 0 amide bonds. The normalized spacial score (nSPS) is 11.4. The fourth-order valence-corrected chi connectivity index (χ4v) is 5.00. The Balaban J connectivity index is 0.00000294. The molecule has 0 spiro atoms. The van der Waals surface area contributed by atoms with Gasteiger partial charge in [-0.05, 0) is 65.8 Å². The summed E-state index contributed by atoms with van der Waals surface area (Å²) in [4.78, 5) is 9.31. The van der Waals surface area contributed by atoms with E-state index >= 15 is 0 Å². The molecule has 0 aliphatic heterocycles. The standard InChI is InChI=1S/C32H28N3O2.Pt/c1-5-21-16-24(37-30-11-10-22-15-23(19(2)3)17-28(36)32(22)34-30)18-27-31(21)25-8-6-7-9-26(25)35(27)29-14-20(4)12-13-33-29;/h6-17,19,36H,5H2,1-4H3;/q-1;. The topological polar surface area (TPSA) is 60.2 Å². The summed E-state index contributed by atoms with van der Waals surface area (Å²) in [5.41, 5.74) is 5.89. The van der Waals surface area contributed by atoms with Crippen LogP contribution in [0.2, 0.25) is 0 Å². The molecule has 0 saturated heterocycles. The van der Waals surface area contributed by atoms with Gasteiger partial charge in [-0.3, -0.25) is 0 Å². The molecule has 3 aromatic heterocycles. The van der Waals surface area contributed by atoms with E-state index in [1.54, 1.807) is 6.07 Å². The zero-order valence-corrected chi connectivity index (χ0v) is 24.0. The molecular weight excluding hydrogens is 653 g/mol. The van der Waals surface area contributed by atoms with Crippen molar-refractivity contribution in [3.05, 3.63) is 95.7 Å². The maximum Gasteiger partial charge on any atom is 0.217 e. The van der Waals surface area contributed by atoms with Gasteiger partial charge in [0.2, 0.25) is 5.88 Å². The van der Waals surface area contributed by atoms with E-state index in [1.807, 2.05) is 36.5 Å². The average Bonchev–Trinajstić information content (AvgIpc) is 3.22. The minimum atomic E-state index is 0. The summed E-state index contributed by atoms with van der Waals surface area (Å²) in [6.07, 6.45) is 2.67. The first-order valence-corrected chi connectivity index (χ1v) is 12.7. The zero-order chi connectivity index (χ0) is 25.7. The maximum absolute atomic E-state index is 10.6. The van der Waals surface area contributed by atoms with E-state index in [9.17, 15) is 5.11 Å². The van der Waals surface area contributed by atoms with Gasteiger partial charge >= 0.3 is 0 Å². The molecule has 6 rings (SSSR count). The van der Waals surface area contributed by atoms with E-state index in [0.717, 1.165) is 56.1 Å². The predicted molar refractivity (Wildman–Crippen MR) is 149 cm³/mol. The number of nitrogens with zero attached hydrogens (tertiary/aromatic N) is 3. The summed E-state index contributed by atoms with van der Waals surface area (Å²) in [6, 6.07) is 25.6. The third kappa shape index (κ3) is 4.46. The number of hydrogen-bond acceptors (Lipinski definition) is 4.